The number of benzene rings is 1. The quantitative estimate of drug-likeness (QED) is 0.711. The Morgan fingerprint density at radius 1 is 1.16 bits per heavy atom. The Morgan fingerprint density at radius 2 is 2.03 bits per heavy atom. The summed E-state index contributed by atoms with van der Waals surface area (Å²) >= 11 is 0. The Bertz CT molecular complexity index is 961. The SMILES string of the molecule is COC[C@H](C)Oc1ccc2c(c1)C(c1cc(N3CCC4(CCCO4)CC3)ncn1)=NC2. The van der Waals surface area contributed by atoms with Crippen molar-refractivity contribution in [1.82, 2.24) is 9.97 Å². The first-order valence-electron chi connectivity index (χ1n) is 11.2. The minimum Gasteiger partial charge on any atom is -0.488 e. The van der Waals surface area contributed by atoms with E-state index in [2.05, 4.69) is 33.1 Å². The smallest absolute Gasteiger partial charge is 0.132 e. The molecule has 1 spiro atoms. The molecule has 1 atom stereocenters. The van der Waals surface area contributed by atoms with Gasteiger partial charge in [0.05, 0.1) is 30.2 Å². The fraction of sp³-hybridized carbons (Fsp3) is 0.542. The zero-order valence-corrected chi connectivity index (χ0v) is 18.3. The predicted octanol–water partition coefficient (Wildman–Crippen LogP) is 3.39. The van der Waals surface area contributed by atoms with Crippen LogP contribution in [0.2, 0.25) is 0 Å². The molecule has 7 nitrogen and oxygen atoms in total. The van der Waals surface area contributed by atoms with Crippen LogP contribution in [0.3, 0.4) is 0 Å². The molecule has 31 heavy (non-hydrogen) atoms. The van der Waals surface area contributed by atoms with E-state index in [9.17, 15) is 0 Å². The molecule has 0 amide bonds. The number of aromatic nitrogens is 2. The van der Waals surface area contributed by atoms with Crippen molar-refractivity contribution in [2.45, 2.75) is 50.9 Å². The lowest BCUT2D eigenvalue weighted by atomic mass is 9.88. The predicted molar refractivity (Wildman–Crippen MR) is 119 cm³/mol. The van der Waals surface area contributed by atoms with Gasteiger partial charge in [-0.1, -0.05) is 6.07 Å². The Kier molecular flexibility index (Phi) is 5.63. The van der Waals surface area contributed by atoms with Gasteiger partial charge in [0, 0.05) is 38.4 Å². The molecule has 2 fully saturated rings. The van der Waals surface area contributed by atoms with E-state index >= 15 is 0 Å². The second-order valence-corrected chi connectivity index (χ2v) is 8.75. The fourth-order valence-electron chi connectivity index (χ4n) is 4.90. The van der Waals surface area contributed by atoms with Gasteiger partial charge in [-0.2, -0.15) is 0 Å². The molecule has 4 heterocycles. The summed E-state index contributed by atoms with van der Waals surface area (Å²) in [6, 6.07) is 8.23. The van der Waals surface area contributed by atoms with Crippen LogP contribution in [0.5, 0.6) is 5.75 Å². The van der Waals surface area contributed by atoms with E-state index in [0.29, 0.717) is 13.2 Å². The summed E-state index contributed by atoms with van der Waals surface area (Å²) < 4.78 is 17.2. The second kappa shape index (κ2) is 8.55. The molecular formula is C24H30N4O3. The molecule has 5 rings (SSSR count). The first kappa shape index (κ1) is 20.4. The van der Waals surface area contributed by atoms with Gasteiger partial charge in [0.15, 0.2) is 0 Å². The average molecular weight is 423 g/mol. The van der Waals surface area contributed by atoms with E-state index in [0.717, 1.165) is 61.1 Å². The highest BCUT2D eigenvalue weighted by Crippen LogP contribution is 2.36. The summed E-state index contributed by atoms with van der Waals surface area (Å²) in [6.07, 6.45) is 6.15. The number of nitrogens with zero attached hydrogens (tertiary/aromatic N) is 4. The molecule has 164 valence electrons. The van der Waals surface area contributed by atoms with Crippen molar-refractivity contribution in [2.75, 3.05) is 38.3 Å². The van der Waals surface area contributed by atoms with Crippen LogP contribution >= 0.6 is 0 Å². The van der Waals surface area contributed by atoms with Crippen LogP contribution < -0.4 is 9.64 Å². The van der Waals surface area contributed by atoms with Crippen LogP contribution in [0.25, 0.3) is 0 Å². The molecule has 1 aromatic heterocycles. The maximum atomic E-state index is 6.07. The number of hydrogen-bond acceptors (Lipinski definition) is 7. The van der Waals surface area contributed by atoms with E-state index in [1.165, 1.54) is 18.4 Å². The first-order chi connectivity index (χ1) is 15.2. The maximum Gasteiger partial charge on any atom is 0.132 e. The van der Waals surface area contributed by atoms with Gasteiger partial charge in [-0.05, 0) is 50.3 Å². The minimum absolute atomic E-state index is 0.0123. The van der Waals surface area contributed by atoms with Crippen LogP contribution in [0.1, 0.15) is 49.4 Å². The van der Waals surface area contributed by atoms with Crippen molar-refractivity contribution in [3.05, 3.63) is 47.4 Å². The topological polar surface area (TPSA) is 69.1 Å². The van der Waals surface area contributed by atoms with E-state index in [1.54, 1.807) is 13.4 Å². The van der Waals surface area contributed by atoms with Crippen LogP contribution in [-0.4, -0.2) is 60.8 Å². The number of aliphatic imine (C=N–C) groups is 1. The molecule has 0 aliphatic carbocycles. The number of hydrogen-bond donors (Lipinski definition) is 0. The summed E-state index contributed by atoms with van der Waals surface area (Å²) in [4.78, 5) is 16.2. The third-order valence-corrected chi connectivity index (χ3v) is 6.56. The van der Waals surface area contributed by atoms with Crippen molar-refractivity contribution < 1.29 is 14.2 Å². The molecule has 1 aromatic carbocycles. The fourth-order valence-corrected chi connectivity index (χ4v) is 4.90. The molecule has 0 N–H and O–H groups in total. The molecule has 2 aromatic rings. The van der Waals surface area contributed by atoms with Crippen LogP contribution in [0, 0.1) is 0 Å². The van der Waals surface area contributed by atoms with Crippen molar-refractivity contribution >= 4 is 11.5 Å². The highest BCUT2D eigenvalue weighted by Gasteiger charge is 2.38. The maximum absolute atomic E-state index is 6.07. The van der Waals surface area contributed by atoms with E-state index in [-0.39, 0.29) is 11.7 Å². The molecule has 2 saturated heterocycles. The summed E-state index contributed by atoms with van der Waals surface area (Å²) in [5.74, 6) is 1.79. The third kappa shape index (κ3) is 4.16. The Hall–Kier alpha value is -2.51. The van der Waals surface area contributed by atoms with Gasteiger partial charge in [-0.3, -0.25) is 4.99 Å². The molecular weight excluding hydrogens is 392 g/mol. The first-order valence-corrected chi connectivity index (χ1v) is 11.2. The largest absolute Gasteiger partial charge is 0.488 e. The van der Waals surface area contributed by atoms with E-state index in [4.69, 9.17) is 19.2 Å². The van der Waals surface area contributed by atoms with Crippen LogP contribution in [-0.2, 0) is 16.0 Å². The van der Waals surface area contributed by atoms with Gasteiger partial charge in [0.1, 0.15) is 24.0 Å². The van der Waals surface area contributed by atoms with Crippen LogP contribution in [0.4, 0.5) is 5.82 Å². The lowest BCUT2D eigenvalue weighted by molar-refractivity contribution is -0.0147. The molecule has 0 saturated carbocycles. The number of ether oxygens (including phenoxy) is 3. The van der Waals surface area contributed by atoms with Gasteiger partial charge < -0.3 is 19.1 Å². The van der Waals surface area contributed by atoms with E-state index < -0.39 is 0 Å². The number of rotatable bonds is 6. The van der Waals surface area contributed by atoms with Gasteiger partial charge in [0.2, 0.25) is 0 Å². The molecule has 3 aliphatic heterocycles. The van der Waals surface area contributed by atoms with Crippen molar-refractivity contribution in [3.63, 3.8) is 0 Å². The average Bonchev–Trinajstić information content (AvgIpc) is 3.41. The zero-order chi connectivity index (χ0) is 21.3. The Morgan fingerprint density at radius 3 is 2.81 bits per heavy atom. The number of anilines is 1. The second-order valence-electron chi connectivity index (χ2n) is 8.75. The van der Waals surface area contributed by atoms with Crippen LogP contribution in [0.15, 0.2) is 35.6 Å². The number of methoxy groups -OCH3 is 1. The van der Waals surface area contributed by atoms with Gasteiger partial charge in [0.25, 0.3) is 0 Å². The summed E-state index contributed by atoms with van der Waals surface area (Å²) in [6.45, 7) is 6.06. The lowest BCUT2D eigenvalue weighted by Crippen LogP contribution is -2.44. The molecule has 0 radical (unpaired) electrons. The normalized spacial score (nSPS) is 20.6. The monoisotopic (exact) mass is 422 g/mol. The van der Waals surface area contributed by atoms with E-state index in [1.807, 2.05) is 13.0 Å². The molecule has 3 aliphatic rings. The highest BCUT2D eigenvalue weighted by molar-refractivity contribution is 6.14. The molecule has 7 heteroatoms. The molecule has 0 bridgehead atoms. The summed E-state index contributed by atoms with van der Waals surface area (Å²) in [7, 11) is 1.68. The Balaban J connectivity index is 1.33. The van der Waals surface area contributed by atoms with Gasteiger partial charge in [-0.25, -0.2) is 9.97 Å². The number of piperidine rings is 1. The third-order valence-electron chi connectivity index (χ3n) is 6.56. The standard InChI is InChI=1S/C24H30N4O3/c1-17(15-29-2)31-19-5-4-18-14-25-23(20(18)12-19)21-13-22(27-16-26-21)28-9-7-24(8-10-28)6-3-11-30-24/h4-5,12-13,16-17H,3,6-11,14-15H2,1-2H3/t17-/m0/s1. The highest BCUT2D eigenvalue weighted by atomic mass is 16.5. The minimum atomic E-state index is -0.0123. The number of fused-ring (bicyclic) bond motifs is 1. The van der Waals surface area contributed by atoms with Crippen molar-refractivity contribution in [3.8, 4) is 5.75 Å². The Labute approximate surface area is 183 Å². The van der Waals surface area contributed by atoms with Crippen molar-refractivity contribution in [1.29, 1.82) is 0 Å². The van der Waals surface area contributed by atoms with Gasteiger partial charge in [-0.15, -0.1) is 0 Å². The van der Waals surface area contributed by atoms with Crippen molar-refractivity contribution in [2.24, 2.45) is 4.99 Å². The summed E-state index contributed by atoms with van der Waals surface area (Å²) in [5.41, 5.74) is 4.17. The molecule has 0 unspecified atom stereocenters. The summed E-state index contributed by atoms with van der Waals surface area (Å²) in [5, 5.41) is 0. The van der Waals surface area contributed by atoms with Gasteiger partial charge >= 0.3 is 0 Å². The zero-order valence-electron chi connectivity index (χ0n) is 18.3. The lowest BCUT2D eigenvalue weighted by Gasteiger charge is -2.39.